The van der Waals surface area contributed by atoms with Crippen molar-refractivity contribution in [2.75, 3.05) is 25.5 Å². The van der Waals surface area contributed by atoms with Crippen LogP contribution >= 0.6 is 11.6 Å². The molecule has 3 N–H and O–H groups in total. The Morgan fingerprint density at radius 2 is 1.61 bits per heavy atom. The van der Waals surface area contributed by atoms with Crippen LogP contribution in [0.15, 0.2) is 66.7 Å². The van der Waals surface area contributed by atoms with E-state index in [0.29, 0.717) is 34.4 Å². The van der Waals surface area contributed by atoms with Crippen molar-refractivity contribution in [1.82, 2.24) is 10.6 Å². The number of anilines is 1. The van der Waals surface area contributed by atoms with E-state index in [1.807, 2.05) is 6.07 Å². The van der Waals surface area contributed by atoms with Crippen molar-refractivity contribution in [3.05, 3.63) is 94.0 Å². The van der Waals surface area contributed by atoms with Gasteiger partial charge in [0.1, 0.15) is 5.75 Å². The second-order valence-electron chi connectivity index (χ2n) is 8.97. The van der Waals surface area contributed by atoms with E-state index in [-0.39, 0.29) is 11.8 Å². The summed E-state index contributed by atoms with van der Waals surface area (Å²) in [5.41, 5.74) is 4.46. The minimum atomic E-state index is -0.228. The van der Waals surface area contributed by atoms with Crippen LogP contribution in [0.1, 0.15) is 63.6 Å². The number of nitrogens with one attached hydrogen (secondary N) is 3. The molecular formula is C29H32ClN3O3. The van der Waals surface area contributed by atoms with Gasteiger partial charge in [-0.15, -0.1) is 0 Å². The van der Waals surface area contributed by atoms with Crippen molar-refractivity contribution in [1.29, 1.82) is 0 Å². The zero-order valence-corrected chi connectivity index (χ0v) is 21.2. The molecule has 0 spiro atoms. The minimum absolute atomic E-state index is 0.117. The first-order valence-electron chi connectivity index (χ1n) is 12.4. The molecule has 188 valence electrons. The van der Waals surface area contributed by atoms with Crippen molar-refractivity contribution in [2.45, 2.75) is 38.1 Å². The molecule has 0 saturated heterocycles. The number of methoxy groups -OCH3 is 1. The molecule has 3 aromatic carbocycles. The minimum Gasteiger partial charge on any atom is -0.497 e. The Morgan fingerprint density at radius 3 is 2.36 bits per heavy atom. The lowest BCUT2D eigenvalue weighted by molar-refractivity contribution is 0.0952. The van der Waals surface area contributed by atoms with E-state index in [9.17, 15) is 9.59 Å². The van der Waals surface area contributed by atoms with Gasteiger partial charge in [0.05, 0.1) is 7.11 Å². The Labute approximate surface area is 217 Å². The fourth-order valence-electron chi connectivity index (χ4n) is 4.47. The lowest BCUT2D eigenvalue weighted by Crippen LogP contribution is -2.28. The molecular weight excluding hydrogens is 474 g/mol. The topological polar surface area (TPSA) is 79.5 Å². The Morgan fingerprint density at radius 1 is 0.917 bits per heavy atom. The summed E-state index contributed by atoms with van der Waals surface area (Å²) in [7, 11) is 1.71. The van der Waals surface area contributed by atoms with E-state index in [2.05, 4.69) is 28.1 Å². The molecule has 0 saturated carbocycles. The van der Waals surface area contributed by atoms with E-state index in [0.717, 1.165) is 38.0 Å². The van der Waals surface area contributed by atoms with Gasteiger partial charge in [-0.1, -0.05) is 17.7 Å². The van der Waals surface area contributed by atoms with Crippen LogP contribution < -0.4 is 20.7 Å². The number of aryl methyl sites for hydroxylation is 1. The molecule has 0 fully saturated rings. The average Bonchev–Trinajstić information content (AvgIpc) is 2.91. The van der Waals surface area contributed by atoms with Gasteiger partial charge in [-0.2, -0.15) is 0 Å². The lowest BCUT2D eigenvalue weighted by Gasteiger charge is -2.27. The molecule has 4 rings (SSSR count). The van der Waals surface area contributed by atoms with Crippen LogP contribution in [0, 0.1) is 0 Å². The van der Waals surface area contributed by atoms with E-state index >= 15 is 0 Å². The molecule has 0 heterocycles. The van der Waals surface area contributed by atoms with Crippen LogP contribution in [0.25, 0.3) is 0 Å². The highest BCUT2D eigenvalue weighted by molar-refractivity contribution is 6.30. The Bertz CT molecular complexity index is 1180. The maximum absolute atomic E-state index is 12.5. The Balaban J connectivity index is 1.16. The third-order valence-electron chi connectivity index (χ3n) is 6.46. The van der Waals surface area contributed by atoms with Gasteiger partial charge in [0.25, 0.3) is 11.8 Å². The number of hydrogen-bond donors (Lipinski definition) is 3. The summed E-state index contributed by atoms with van der Waals surface area (Å²) >= 11 is 5.87. The SMILES string of the molecule is COc1ccc2c(c1)CCCC2NCCCCNC(=O)c1ccc(NC(=O)c2ccc(Cl)cc2)cc1. The third kappa shape index (κ3) is 6.86. The molecule has 0 aliphatic heterocycles. The molecule has 3 aromatic rings. The molecule has 6 nitrogen and oxygen atoms in total. The van der Waals surface area contributed by atoms with Crippen molar-refractivity contribution in [3.63, 3.8) is 0 Å². The highest BCUT2D eigenvalue weighted by Gasteiger charge is 2.20. The second kappa shape index (κ2) is 12.6. The summed E-state index contributed by atoms with van der Waals surface area (Å²) in [5.74, 6) is 0.574. The van der Waals surface area contributed by atoms with Crippen LogP contribution in [0.5, 0.6) is 5.75 Å². The molecule has 36 heavy (non-hydrogen) atoms. The van der Waals surface area contributed by atoms with Gasteiger partial charge >= 0.3 is 0 Å². The fraction of sp³-hybridized carbons (Fsp3) is 0.310. The summed E-state index contributed by atoms with van der Waals surface area (Å²) in [6, 6.07) is 20.3. The smallest absolute Gasteiger partial charge is 0.255 e. The van der Waals surface area contributed by atoms with Gasteiger partial charge in [-0.25, -0.2) is 0 Å². The number of ether oxygens (including phenoxy) is 1. The normalized spacial score (nSPS) is 14.6. The van der Waals surface area contributed by atoms with Crippen LogP contribution in [-0.4, -0.2) is 32.0 Å². The van der Waals surface area contributed by atoms with Crippen LogP contribution in [0.4, 0.5) is 5.69 Å². The highest BCUT2D eigenvalue weighted by Crippen LogP contribution is 2.32. The van der Waals surface area contributed by atoms with Gasteiger partial charge in [-0.05, 0) is 110 Å². The molecule has 0 bridgehead atoms. The summed E-state index contributed by atoms with van der Waals surface area (Å²) in [6.07, 6.45) is 5.31. The van der Waals surface area contributed by atoms with Crippen molar-refractivity contribution in [3.8, 4) is 5.75 Å². The molecule has 7 heteroatoms. The van der Waals surface area contributed by atoms with Crippen molar-refractivity contribution >= 4 is 29.1 Å². The zero-order chi connectivity index (χ0) is 25.3. The maximum Gasteiger partial charge on any atom is 0.255 e. The number of benzene rings is 3. The summed E-state index contributed by atoms with van der Waals surface area (Å²) < 4.78 is 5.36. The van der Waals surface area contributed by atoms with Gasteiger partial charge < -0.3 is 20.7 Å². The first kappa shape index (κ1) is 25.7. The maximum atomic E-state index is 12.5. The molecule has 1 aliphatic rings. The van der Waals surface area contributed by atoms with E-state index in [1.165, 1.54) is 17.5 Å². The number of amides is 2. The van der Waals surface area contributed by atoms with E-state index < -0.39 is 0 Å². The van der Waals surface area contributed by atoms with Gasteiger partial charge in [0.2, 0.25) is 0 Å². The number of carbonyl (C=O) groups is 2. The largest absolute Gasteiger partial charge is 0.497 e. The van der Waals surface area contributed by atoms with Crippen LogP contribution in [-0.2, 0) is 6.42 Å². The fourth-order valence-corrected chi connectivity index (χ4v) is 4.60. The Hall–Kier alpha value is -3.35. The Kier molecular flexibility index (Phi) is 8.98. The monoisotopic (exact) mass is 505 g/mol. The van der Waals surface area contributed by atoms with Gasteiger partial charge in [0.15, 0.2) is 0 Å². The molecule has 0 radical (unpaired) electrons. The molecule has 1 aliphatic carbocycles. The zero-order valence-electron chi connectivity index (χ0n) is 20.5. The van der Waals surface area contributed by atoms with Crippen LogP contribution in [0.2, 0.25) is 5.02 Å². The first-order valence-corrected chi connectivity index (χ1v) is 12.8. The standard InChI is InChI=1S/C29H32ClN3O3/c1-36-25-15-16-26-22(19-25)5-4-6-27(26)31-17-2-3-18-32-28(34)20-9-13-24(14-10-20)33-29(35)21-7-11-23(30)12-8-21/h7-16,19,27,31H,2-6,17-18H2,1H3,(H,32,34)(H,33,35). The number of rotatable bonds is 10. The lowest BCUT2D eigenvalue weighted by atomic mass is 9.87. The number of fused-ring (bicyclic) bond motifs is 1. The number of carbonyl (C=O) groups excluding carboxylic acids is 2. The quantitative estimate of drug-likeness (QED) is 0.305. The molecule has 1 unspecified atom stereocenters. The third-order valence-corrected chi connectivity index (χ3v) is 6.71. The number of halogens is 1. The summed E-state index contributed by atoms with van der Waals surface area (Å²) in [4.78, 5) is 24.8. The molecule has 0 aromatic heterocycles. The summed E-state index contributed by atoms with van der Waals surface area (Å²) in [5, 5.41) is 10.1. The summed E-state index contributed by atoms with van der Waals surface area (Å²) in [6.45, 7) is 1.53. The second-order valence-corrected chi connectivity index (χ2v) is 9.40. The molecule has 1 atom stereocenters. The predicted octanol–water partition coefficient (Wildman–Crippen LogP) is 5.78. The van der Waals surface area contributed by atoms with Crippen molar-refractivity contribution in [2.24, 2.45) is 0 Å². The number of hydrogen-bond acceptors (Lipinski definition) is 4. The average molecular weight is 506 g/mol. The van der Waals surface area contributed by atoms with Crippen LogP contribution in [0.3, 0.4) is 0 Å². The first-order chi connectivity index (χ1) is 17.5. The molecule has 2 amide bonds. The van der Waals surface area contributed by atoms with Crippen molar-refractivity contribution < 1.29 is 14.3 Å². The van der Waals surface area contributed by atoms with Gasteiger partial charge in [-0.3, -0.25) is 9.59 Å². The van der Waals surface area contributed by atoms with E-state index in [1.54, 1.807) is 55.6 Å². The van der Waals surface area contributed by atoms with Gasteiger partial charge in [0, 0.05) is 34.4 Å². The highest BCUT2D eigenvalue weighted by atomic mass is 35.5. The van der Waals surface area contributed by atoms with E-state index in [4.69, 9.17) is 16.3 Å². The number of unbranched alkanes of at least 4 members (excludes halogenated alkanes) is 1. The predicted molar refractivity (Wildman–Crippen MR) is 144 cm³/mol.